The minimum absolute atomic E-state index is 0.195. The molecule has 0 radical (unpaired) electrons. The van der Waals surface area contributed by atoms with Crippen molar-refractivity contribution < 1.29 is 14.3 Å². The molecule has 104 valence electrons. The van der Waals surface area contributed by atoms with Gasteiger partial charge in [0.1, 0.15) is 6.04 Å². The standard InChI is InChI=1S/C12H23N3O3/c1-12(2,3)9(13)11(17)15-5-6-18-7-8(15)10(16)14-4/h8-9H,5-7,13H2,1-4H3,(H,14,16)/t8?,9-/m0/s1. The van der Waals surface area contributed by atoms with Gasteiger partial charge < -0.3 is 20.7 Å². The zero-order valence-corrected chi connectivity index (χ0v) is 11.5. The Labute approximate surface area is 108 Å². The first-order valence-corrected chi connectivity index (χ1v) is 6.14. The molecule has 0 aromatic heterocycles. The Morgan fingerprint density at radius 2 is 2.06 bits per heavy atom. The van der Waals surface area contributed by atoms with E-state index in [2.05, 4.69) is 5.32 Å². The second kappa shape index (κ2) is 5.67. The van der Waals surface area contributed by atoms with E-state index < -0.39 is 12.1 Å². The summed E-state index contributed by atoms with van der Waals surface area (Å²) < 4.78 is 5.26. The number of carbonyl (C=O) groups excluding carboxylic acids is 2. The maximum atomic E-state index is 12.3. The number of nitrogens with zero attached hydrogens (tertiary/aromatic N) is 1. The average Bonchev–Trinajstić information content (AvgIpc) is 2.35. The van der Waals surface area contributed by atoms with Crippen LogP contribution in [0.2, 0.25) is 0 Å². The van der Waals surface area contributed by atoms with Gasteiger partial charge in [0, 0.05) is 13.6 Å². The van der Waals surface area contributed by atoms with Crippen LogP contribution in [0.4, 0.5) is 0 Å². The lowest BCUT2D eigenvalue weighted by Gasteiger charge is -2.38. The van der Waals surface area contributed by atoms with E-state index in [0.717, 1.165) is 0 Å². The van der Waals surface area contributed by atoms with Crippen LogP contribution in [-0.4, -0.2) is 55.6 Å². The largest absolute Gasteiger partial charge is 0.377 e. The number of ether oxygens (including phenoxy) is 1. The maximum Gasteiger partial charge on any atom is 0.244 e. The molecule has 1 fully saturated rings. The van der Waals surface area contributed by atoms with Gasteiger partial charge in [0.05, 0.1) is 19.3 Å². The van der Waals surface area contributed by atoms with Gasteiger partial charge in [0.15, 0.2) is 0 Å². The van der Waals surface area contributed by atoms with Gasteiger partial charge in [-0.1, -0.05) is 20.8 Å². The monoisotopic (exact) mass is 257 g/mol. The molecule has 0 aromatic rings. The van der Waals surface area contributed by atoms with Crippen LogP contribution >= 0.6 is 0 Å². The highest BCUT2D eigenvalue weighted by Crippen LogP contribution is 2.21. The molecule has 1 unspecified atom stereocenters. The third kappa shape index (κ3) is 3.20. The summed E-state index contributed by atoms with van der Waals surface area (Å²) in [7, 11) is 1.54. The summed E-state index contributed by atoms with van der Waals surface area (Å²) in [6.07, 6.45) is 0. The molecule has 2 amide bonds. The van der Waals surface area contributed by atoms with Crippen LogP contribution in [0.5, 0.6) is 0 Å². The first-order valence-electron chi connectivity index (χ1n) is 6.14. The summed E-state index contributed by atoms with van der Waals surface area (Å²) in [5, 5.41) is 2.54. The van der Waals surface area contributed by atoms with Crippen molar-refractivity contribution in [2.75, 3.05) is 26.8 Å². The fraction of sp³-hybridized carbons (Fsp3) is 0.833. The lowest BCUT2D eigenvalue weighted by Crippen LogP contribution is -2.60. The SMILES string of the molecule is CNC(=O)C1COCCN1C(=O)[C@H](N)C(C)(C)C. The van der Waals surface area contributed by atoms with Crippen LogP contribution in [0.1, 0.15) is 20.8 Å². The number of rotatable bonds is 2. The maximum absolute atomic E-state index is 12.3. The summed E-state index contributed by atoms with van der Waals surface area (Å²) in [4.78, 5) is 25.6. The van der Waals surface area contributed by atoms with Crippen molar-refractivity contribution in [3.05, 3.63) is 0 Å². The lowest BCUT2D eigenvalue weighted by molar-refractivity contribution is -0.150. The van der Waals surface area contributed by atoms with E-state index >= 15 is 0 Å². The summed E-state index contributed by atoms with van der Waals surface area (Å²) in [6.45, 7) is 6.79. The minimum atomic E-state index is -0.622. The molecule has 6 nitrogen and oxygen atoms in total. The van der Waals surface area contributed by atoms with Crippen LogP contribution in [0.15, 0.2) is 0 Å². The topological polar surface area (TPSA) is 84.7 Å². The van der Waals surface area contributed by atoms with Crippen molar-refractivity contribution in [3.8, 4) is 0 Å². The zero-order valence-electron chi connectivity index (χ0n) is 11.5. The highest BCUT2D eigenvalue weighted by Gasteiger charge is 2.38. The van der Waals surface area contributed by atoms with Crippen molar-refractivity contribution >= 4 is 11.8 Å². The summed E-state index contributed by atoms with van der Waals surface area (Å²) >= 11 is 0. The second-order valence-corrected chi connectivity index (χ2v) is 5.58. The summed E-state index contributed by atoms with van der Waals surface area (Å²) in [5.74, 6) is -0.413. The molecular formula is C12H23N3O3. The molecule has 0 aromatic carbocycles. The zero-order chi connectivity index (χ0) is 13.9. The van der Waals surface area contributed by atoms with Crippen molar-refractivity contribution in [1.29, 1.82) is 0 Å². The van der Waals surface area contributed by atoms with E-state index in [1.54, 1.807) is 7.05 Å². The minimum Gasteiger partial charge on any atom is -0.377 e. The van der Waals surface area contributed by atoms with Gasteiger partial charge in [-0.15, -0.1) is 0 Å². The smallest absolute Gasteiger partial charge is 0.244 e. The average molecular weight is 257 g/mol. The highest BCUT2D eigenvalue weighted by atomic mass is 16.5. The van der Waals surface area contributed by atoms with Gasteiger partial charge in [-0.05, 0) is 5.41 Å². The van der Waals surface area contributed by atoms with Crippen molar-refractivity contribution in [1.82, 2.24) is 10.2 Å². The van der Waals surface area contributed by atoms with E-state index in [1.807, 2.05) is 20.8 Å². The molecule has 1 rings (SSSR count). The Morgan fingerprint density at radius 3 is 2.56 bits per heavy atom. The van der Waals surface area contributed by atoms with Gasteiger partial charge in [-0.3, -0.25) is 9.59 Å². The molecule has 0 saturated carbocycles. The van der Waals surface area contributed by atoms with Gasteiger partial charge in [-0.2, -0.15) is 0 Å². The molecule has 0 aliphatic carbocycles. The van der Waals surface area contributed by atoms with Gasteiger partial charge in [0.2, 0.25) is 11.8 Å². The molecular weight excluding hydrogens is 234 g/mol. The number of nitrogens with two attached hydrogens (primary N) is 1. The van der Waals surface area contributed by atoms with E-state index in [9.17, 15) is 9.59 Å². The van der Waals surface area contributed by atoms with Crippen LogP contribution in [0.3, 0.4) is 0 Å². The van der Waals surface area contributed by atoms with Crippen molar-refractivity contribution in [2.24, 2.45) is 11.1 Å². The van der Waals surface area contributed by atoms with Crippen LogP contribution in [0.25, 0.3) is 0 Å². The fourth-order valence-corrected chi connectivity index (χ4v) is 1.80. The molecule has 0 spiro atoms. The van der Waals surface area contributed by atoms with Crippen molar-refractivity contribution in [2.45, 2.75) is 32.9 Å². The summed E-state index contributed by atoms with van der Waals surface area (Å²) in [6, 6.07) is -1.20. The number of likely N-dealkylation sites (N-methyl/N-ethyl adjacent to an activating group) is 1. The van der Waals surface area contributed by atoms with Gasteiger partial charge >= 0.3 is 0 Å². The Bertz CT molecular complexity index is 325. The Balaban J connectivity index is 2.84. The van der Waals surface area contributed by atoms with Crippen molar-refractivity contribution in [3.63, 3.8) is 0 Å². The highest BCUT2D eigenvalue weighted by molar-refractivity contribution is 5.90. The second-order valence-electron chi connectivity index (χ2n) is 5.58. The number of nitrogens with one attached hydrogen (secondary N) is 1. The molecule has 1 saturated heterocycles. The number of morpholine rings is 1. The molecule has 1 heterocycles. The quantitative estimate of drug-likeness (QED) is 0.687. The number of amides is 2. The van der Waals surface area contributed by atoms with Crippen LogP contribution in [-0.2, 0) is 14.3 Å². The Kier molecular flexibility index (Phi) is 4.70. The molecule has 1 aliphatic rings. The van der Waals surface area contributed by atoms with Gasteiger partial charge in [0.25, 0.3) is 0 Å². The molecule has 3 N–H and O–H groups in total. The van der Waals surface area contributed by atoms with Crippen LogP contribution in [0, 0.1) is 5.41 Å². The summed E-state index contributed by atoms with van der Waals surface area (Å²) in [5.41, 5.74) is 5.63. The van der Waals surface area contributed by atoms with E-state index in [-0.39, 0.29) is 23.8 Å². The van der Waals surface area contributed by atoms with E-state index in [0.29, 0.717) is 13.2 Å². The molecule has 6 heteroatoms. The predicted octanol–water partition coefficient (Wildman–Crippen LogP) is -0.667. The lowest BCUT2D eigenvalue weighted by atomic mass is 9.86. The van der Waals surface area contributed by atoms with Gasteiger partial charge in [-0.25, -0.2) is 0 Å². The Morgan fingerprint density at radius 1 is 1.44 bits per heavy atom. The van der Waals surface area contributed by atoms with E-state index in [1.165, 1.54) is 4.90 Å². The predicted molar refractivity (Wildman–Crippen MR) is 67.8 cm³/mol. The number of carbonyl (C=O) groups is 2. The third-order valence-electron chi connectivity index (χ3n) is 3.16. The third-order valence-corrected chi connectivity index (χ3v) is 3.16. The molecule has 1 aliphatic heterocycles. The number of hydrogen-bond donors (Lipinski definition) is 2. The van der Waals surface area contributed by atoms with E-state index in [4.69, 9.17) is 10.5 Å². The first-order chi connectivity index (χ1) is 8.29. The Hall–Kier alpha value is -1.14. The number of hydrogen-bond acceptors (Lipinski definition) is 4. The first kappa shape index (κ1) is 14.9. The normalized spacial score (nSPS) is 22.5. The van der Waals surface area contributed by atoms with Crippen LogP contribution < -0.4 is 11.1 Å². The molecule has 2 atom stereocenters. The molecule has 18 heavy (non-hydrogen) atoms. The fourth-order valence-electron chi connectivity index (χ4n) is 1.80. The molecule has 0 bridgehead atoms.